The fraction of sp³-hybridized carbons (Fsp3) is 0.615. The number of H-pyrrole nitrogens is 1. The van der Waals surface area contributed by atoms with E-state index in [9.17, 15) is 33.6 Å². The van der Waals surface area contributed by atoms with E-state index in [1.807, 2.05) is 4.98 Å². The molecule has 11 nitrogen and oxygen atoms in total. The third kappa shape index (κ3) is 3.95. The number of ether oxygens (including phenoxy) is 1. The van der Waals surface area contributed by atoms with E-state index in [0.717, 1.165) is 19.2 Å². The van der Waals surface area contributed by atoms with Crippen molar-refractivity contribution in [2.45, 2.75) is 43.7 Å². The lowest BCUT2D eigenvalue weighted by Crippen LogP contribution is -2.50. The second kappa shape index (κ2) is 7.43. The molecule has 1 saturated heterocycles. The van der Waals surface area contributed by atoms with Gasteiger partial charge < -0.3 is 19.7 Å². The number of aliphatic hydroxyl groups excluding tert-OH is 1. The Morgan fingerprint density at radius 3 is 2.85 bits per heavy atom. The number of aromatic nitrogens is 2. The predicted molar refractivity (Wildman–Crippen MR) is 84.1 cm³/mol. The van der Waals surface area contributed by atoms with E-state index in [0.29, 0.717) is 10.9 Å². The number of hydrogen-bond donors (Lipinski definition) is 4. The second-order valence-corrected chi connectivity index (χ2v) is 7.02. The van der Waals surface area contributed by atoms with Gasteiger partial charge in [-0.1, -0.05) is 5.09 Å². The number of hydrogen-bond acceptors (Lipinski definition) is 8. The molecule has 13 heteroatoms. The molecular weight excluding hydrogens is 376 g/mol. The molecule has 0 bridgehead atoms. The van der Waals surface area contributed by atoms with Crippen LogP contribution < -0.4 is 16.3 Å². The average Bonchev–Trinajstić information content (AvgIpc) is 2.74. The Balaban J connectivity index is 2.21. The Morgan fingerprint density at radius 1 is 1.62 bits per heavy atom. The van der Waals surface area contributed by atoms with Crippen LogP contribution in [-0.2, 0) is 18.6 Å². The highest BCUT2D eigenvalue weighted by atomic mass is 31.1. The van der Waals surface area contributed by atoms with E-state index < -0.39 is 55.9 Å². The van der Waals surface area contributed by atoms with Crippen LogP contribution in [0.5, 0.6) is 0 Å². The number of carbonyl (C=O) groups is 1. The number of nitrogens with zero attached hydrogens (tertiary/aromatic N) is 1. The van der Waals surface area contributed by atoms with E-state index in [1.54, 1.807) is 0 Å². The Labute approximate surface area is 146 Å². The van der Waals surface area contributed by atoms with Gasteiger partial charge in [-0.05, 0) is 18.4 Å². The Bertz CT molecular complexity index is 811. The third-order valence-electron chi connectivity index (χ3n) is 3.77. The first kappa shape index (κ1) is 20.5. The number of nitrogens with one attached hydrogen (secondary N) is 2. The van der Waals surface area contributed by atoms with Gasteiger partial charge in [0.2, 0.25) is 0 Å². The molecule has 0 saturated carbocycles. The molecule has 1 aromatic rings. The van der Waals surface area contributed by atoms with Crippen LogP contribution in [0.4, 0.5) is 4.39 Å². The van der Waals surface area contributed by atoms with Gasteiger partial charge in [-0.15, -0.1) is 4.52 Å². The Hall–Kier alpha value is -1.82. The normalized spacial score (nSPS) is 33.0. The summed E-state index contributed by atoms with van der Waals surface area (Å²) in [5.41, 5.74) is -3.99. The summed E-state index contributed by atoms with van der Waals surface area (Å²) in [6, 6.07) is 0.128. The van der Waals surface area contributed by atoms with Gasteiger partial charge in [0.05, 0.1) is 0 Å². The van der Waals surface area contributed by atoms with Crippen LogP contribution in [0.2, 0.25) is 0 Å². The topological polar surface area (TPSA) is 160 Å². The van der Waals surface area contributed by atoms with Gasteiger partial charge in [-0.3, -0.25) is 14.3 Å². The molecule has 26 heavy (non-hydrogen) atoms. The zero-order chi connectivity index (χ0) is 19.7. The molecule has 2 rings (SSSR count). The minimum atomic E-state index is -3.01. The summed E-state index contributed by atoms with van der Waals surface area (Å²) in [4.78, 5) is 35.4. The summed E-state index contributed by atoms with van der Waals surface area (Å²) >= 11 is 0. The van der Waals surface area contributed by atoms with Crippen LogP contribution in [0.25, 0.3) is 0 Å². The fourth-order valence-electron chi connectivity index (χ4n) is 2.38. The number of rotatable bonds is 7. The number of carbonyl (C=O) groups excluding carboxylic acids is 1. The highest BCUT2D eigenvalue weighted by molar-refractivity contribution is 7.36. The van der Waals surface area contributed by atoms with Gasteiger partial charge in [0, 0.05) is 12.3 Å². The molecule has 0 aliphatic carbocycles. The average molecular weight is 394 g/mol. The van der Waals surface area contributed by atoms with E-state index in [-0.39, 0.29) is 0 Å². The summed E-state index contributed by atoms with van der Waals surface area (Å²) in [5, 5.41) is 22.7. The Kier molecular flexibility index (Phi) is 5.85. The SMILES string of the molecule is C[C@@H](C=O)N[P+](=O)OC[C@@]1(F)O[C@@H](n2ccc(=O)[nH]c2=O)[C@](C)(O)[C@@H]1O. The van der Waals surface area contributed by atoms with Crippen LogP contribution in [-0.4, -0.2) is 56.3 Å². The van der Waals surface area contributed by atoms with Gasteiger partial charge in [0.25, 0.3) is 11.4 Å². The van der Waals surface area contributed by atoms with Crippen LogP contribution in [0.3, 0.4) is 0 Å². The molecule has 1 aliphatic rings. The van der Waals surface area contributed by atoms with Crippen molar-refractivity contribution >= 4 is 14.5 Å². The lowest BCUT2D eigenvalue weighted by molar-refractivity contribution is -0.202. The van der Waals surface area contributed by atoms with Crippen molar-refractivity contribution in [2.24, 2.45) is 0 Å². The van der Waals surface area contributed by atoms with E-state index in [4.69, 9.17) is 9.26 Å². The first-order valence-corrected chi connectivity index (χ1v) is 8.59. The zero-order valence-electron chi connectivity index (χ0n) is 13.8. The number of aliphatic hydroxyl groups is 2. The van der Waals surface area contributed by atoms with Crippen molar-refractivity contribution < 1.29 is 33.2 Å². The Morgan fingerprint density at radius 2 is 2.27 bits per heavy atom. The molecule has 6 atom stereocenters. The maximum Gasteiger partial charge on any atom is 0.613 e. The van der Waals surface area contributed by atoms with E-state index >= 15 is 0 Å². The minimum absolute atomic E-state index is 0.451. The van der Waals surface area contributed by atoms with Gasteiger partial charge >= 0.3 is 13.9 Å². The molecule has 1 aliphatic heterocycles. The smallest absolute Gasteiger partial charge is 0.384 e. The highest BCUT2D eigenvalue weighted by Gasteiger charge is 2.64. The lowest BCUT2D eigenvalue weighted by atomic mass is 9.95. The van der Waals surface area contributed by atoms with Crippen molar-refractivity contribution in [1.82, 2.24) is 14.6 Å². The molecule has 1 unspecified atom stereocenters. The predicted octanol–water partition coefficient (Wildman–Crippen LogP) is -1.31. The van der Waals surface area contributed by atoms with Crippen molar-refractivity contribution in [2.75, 3.05) is 6.61 Å². The molecular formula is C13H18FN3O8P+. The quantitative estimate of drug-likeness (QED) is 0.325. The first-order chi connectivity index (χ1) is 12.0. The molecule has 1 aromatic heterocycles. The number of aromatic amines is 1. The van der Waals surface area contributed by atoms with Gasteiger partial charge in [-0.2, -0.15) is 0 Å². The molecule has 4 N–H and O–H groups in total. The van der Waals surface area contributed by atoms with Crippen LogP contribution in [0.1, 0.15) is 20.1 Å². The van der Waals surface area contributed by atoms with Crippen LogP contribution >= 0.6 is 8.18 Å². The van der Waals surface area contributed by atoms with E-state index in [2.05, 4.69) is 5.09 Å². The molecule has 0 radical (unpaired) electrons. The van der Waals surface area contributed by atoms with Gasteiger partial charge in [-0.25, -0.2) is 9.18 Å². The van der Waals surface area contributed by atoms with E-state index in [1.165, 1.54) is 6.92 Å². The minimum Gasteiger partial charge on any atom is -0.384 e. The standard InChI is InChI=1S/C13H17FN3O8P/c1-7(5-18)16-26(23)24-6-13(14)9(20)12(2,22)10(25-13)17-4-3-8(19)15-11(17)21/h3-5,7,9-10,20,22H,6H2,1-2H3,(H-,15,16,19,21,23)/p+1/t7-,9-,10+,12+,13+/m0/s1. The number of aldehydes is 1. The summed E-state index contributed by atoms with van der Waals surface area (Å²) in [6.07, 6.45) is -2.46. The number of halogens is 1. The summed E-state index contributed by atoms with van der Waals surface area (Å²) in [6.45, 7) is 1.35. The largest absolute Gasteiger partial charge is 0.613 e. The highest BCUT2D eigenvalue weighted by Crippen LogP contribution is 2.45. The van der Waals surface area contributed by atoms with Crippen LogP contribution in [0, 0.1) is 0 Å². The maximum absolute atomic E-state index is 15.0. The number of alkyl halides is 1. The second-order valence-electron chi connectivity index (χ2n) is 5.99. The monoisotopic (exact) mass is 394 g/mol. The van der Waals surface area contributed by atoms with Crippen LogP contribution in [0.15, 0.2) is 21.9 Å². The molecule has 144 valence electrons. The third-order valence-corrected chi connectivity index (χ3v) is 4.75. The summed E-state index contributed by atoms with van der Waals surface area (Å²) in [5.74, 6) is -3.01. The van der Waals surface area contributed by atoms with Crippen molar-refractivity contribution in [3.8, 4) is 0 Å². The molecule has 0 aromatic carbocycles. The molecule has 0 spiro atoms. The molecule has 2 heterocycles. The van der Waals surface area contributed by atoms with Crippen molar-refractivity contribution in [3.05, 3.63) is 33.1 Å². The molecule has 0 amide bonds. The maximum atomic E-state index is 15.0. The van der Waals surface area contributed by atoms with Crippen molar-refractivity contribution in [3.63, 3.8) is 0 Å². The first-order valence-electron chi connectivity index (χ1n) is 7.41. The lowest BCUT2D eigenvalue weighted by Gasteiger charge is -2.27. The van der Waals surface area contributed by atoms with Gasteiger partial charge in [0.1, 0.15) is 24.0 Å². The summed E-state index contributed by atoms with van der Waals surface area (Å²) < 4.78 is 37.0. The fourth-order valence-corrected chi connectivity index (χ4v) is 3.15. The molecule has 1 fully saturated rings. The van der Waals surface area contributed by atoms with Crippen molar-refractivity contribution in [1.29, 1.82) is 0 Å². The summed E-state index contributed by atoms with van der Waals surface area (Å²) in [7, 11) is -2.66. The zero-order valence-corrected chi connectivity index (χ0v) is 14.7. The van der Waals surface area contributed by atoms with Gasteiger partial charge in [0.15, 0.2) is 12.8 Å².